The van der Waals surface area contributed by atoms with Gasteiger partial charge in [-0.05, 0) is 67.8 Å². The van der Waals surface area contributed by atoms with Crippen molar-refractivity contribution in [1.82, 2.24) is 4.31 Å². The predicted octanol–water partition coefficient (Wildman–Crippen LogP) is 4.31. The number of carbonyl (C=O) groups excluding carboxylic acids is 1. The lowest BCUT2D eigenvalue weighted by Gasteiger charge is -2.20. The molecule has 0 unspecified atom stereocenters. The van der Waals surface area contributed by atoms with E-state index in [1.807, 2.05) is 13.0 Å². The Kier molecular flexibility index (Phi) is 8.30. The van der Waals surface area contributed by atoms with Crippen LogP contribution < -0.4 is 14.8 Å². The molecule has 172 valence electrons. The highest BCUT2D eigenvalue weighted by Gasteiger charge is 2.24. The Hall–Kier alpha value is -2.84. The number of amides is 1. The number of nitrogens with zero attached hydrogens (tertiary/aromatic N) is 1. The van der Waals surface area contributed by atoms with Crippen LogP contribution in [0.25, 0.3) is 6.08 Å². The van der Waals surface area contributed by atoms with Crippen molar-refractivity contribution in [3.05, 3.63) is 54.1 Å². The van der Waals surface area contributed by atoms with Gasteiger partial charge < -0.3 is 14.8 Å². The fourth-order valence-corrected chi connectivity index (χ4v) is 5.08. The molecule has 0 aliphatic carbocycles. The molecule has 8 heteroatoms. The Labute approximate surface area is 190 Å². The van der Waals surface area contributed by atoms with E-state index in [0.717, 1.165) is 31.2 Å². The third kappa shape index (κ3) is 6.11. The van der Waals surface area contributed by atoms with E-state index in [4.69, 9.17) is 9.47 Å². The van der Waals surface area contributed by atoms with Crippen molar-refractivity contribution in [1.29, 1.82) is 0 Å². The number of anilines is 1. The van der Waals surface area contributed by atoms with E-state index in [2.05, 4.69) is 5.32 Å². The topological polar surface area (TPSA) is 84.9 Å². The molecule has 0 saturated carbocycles. The maximum absolute atomic E-state index is 12.9. The zero-order valence-electron chi connectivity index (χ0n) is 18.5. The average Bonchev–Trinajstić information content (AvgIpc) is 3.09. The van der Waals surface area contributed by atoms with Crippen molar-refractivity contribution in [2.45, 2.75) is 37.5 Å². The fourth-order valence-electron chi connectivity index (χ4n) is 3.56. The molecule has 1 aliphatic heterocycles. The Morgan fingerprint density at radius 2 is 1.72 bits per heavy atom. The molecule has 3 rings (SSSR count). The molecular weight excluding hydrogens is 428 g/mol. The van der Waals surface area contributed by atoms with Crippen LogP contribution in [0.4, 0.5) is 5.69 Å². The van der Waals surface area contributed by atoms with Crippen LogP contribution in [0.1, 0.15) is 38.2 Å². The summed E-state index contributed by atoms with van der Waals surface area (Å²) in [6.07, 6.45) is 7.00. The van der Waals surface area contributed by atoms with Crippen molar-refractivity contribution in [3.63, 3.8) is 0 Å². The first-order valence-electron chi connectivity index (χ1n) is 10.8. The highest BCUT2D eigenvalue weighted by Crippen LogP contribution is 2.28. The van der Waals surface area contributed by atoms with Crippen molar-refractivity contribution in [2.24, 2.45) is 0 Å². The van der Waals surface area contributed by atoms with Gasteiger partial charge in [-0.1, -0.05) is 18.9 Å². The number of nitrogens with one attached hydrogen (secondary N) is 1. The average molecular weight is 459 g/mol. The number of sulfonamides is 1. The molecule has 1 N–H and O–H groups in total. The third-order valence-electron chi connectivity index (χ3n) is 5.24. The van der Waals surface area contributed by atoms with Crippen LogP contribution in [0.3, 0.4) is 0 Å². The zero-order chi connectivity index (χ0) is 23.0. The predicted molar refractivity (Wildman–Crippen MR) is 125 cm³/mol. The summed E-state index contributed by atoms with van der Waals surface area (Å²) >= 11 is 0. The number of methoxy groups -OCH3 is 1. The summed E-state index contributed by atoms with van der Waals surface area (Å²) in [5, 5.41) is 2.75. The smallest absolute Gasteiger partial charge is 0.248 e. The molecule has 0 spiro atoms. The van der Waals surface area contributed by atoms with Gasteiger partial charge in [0.25, 0.3) is 0 Å². The molecule has 1 saturated heterocycles. The largest absolute Gasteiger partial charge is 0.493 e. The third-order valence-corrected chi connectivity index (χ3v) is 7.15. The van der Waals surface area contributed by atoms with Crippen LogP contribution in [0, 0.1) is 0 Å². The maximum atomic E-state index is 12.9. The summed E-state index contributed by atoms with van der Waals surface area (Å²) in [6, 6.07) is 11.7. The highest BCUT2D eigenvalue weighted by atomic mass is 32.2. The van der Waals surface area contributed by atoms with Gasteiger partial charge in [0.05, 0.1) is 18.6 Å². The van der Waals surface area contributed by atoms with Gasteiger partial charge in [-0.2, -0.15) is 4.31 Å². The van der Waals surface area contributed by atoms with Gasteiger partial charge in [0.1, 0.15) is 0 Å². The van der Waals surface area contributed by atoms with Crippen molar-refractivity contribution in [3.8, 4) is 11.5 Å². The van der Waals surface area contributed by atoms with Crippen LogP contribution >= 0.6 is 0 Å². The van der Waals surface area contributed by atoms with E-state index in [1.165, 1.54) is 18.2 Å². The molecule has 1 amide bonds. The Morgan fingerprint density at radius 1 is 1.03 bits per heavy atom. The van der Waals surface area contributed by atoms with Gasteiger partial charge in [-0.3, -0.25) is 4.79 Å². The van der Waals surface area contributed by atoms with Crippen LogP contribution in [0.2, 0.25) is 0 Å². The number of carbonyl (C=O) groups is 1. The monoisotopic (exact) mass is 458 g/mol. The Morgan fingerprint density at radius 3 is 2.34 bits per heavy atom. The summed E-state index contributed by atoms with van der Waals surface area (Å²) in [5.41, 5.74) is 1.32. The molecule has 7 nitrogen and oxygen atoms in total. The molecule has 2 aromatic rings. The summed E-state index contributed by atoms with van der Waals surface area (Å²) < 4.78 is 38.1. The lowest BCUT2D eigenvalue weighted by Crippen LogP contribution is -2.31. The standard InChI is InChI=1S/C24H30N2O5S/c1-3-31-23-18-19(8-14-22(23)30-2)9-15-24(27)25-20-10-12-21(13-11-20)32(28,29)26-16-6-4-5-7-17-26/h8-15,18H,3-7,16-17H2,1-2H3,(H,25,27). The minimum Gasteiger partial charge on any atom is -0.493 e. The fraction of sp³-hybridized carbons (Fsp3) is 0.375. The number of benzene rings is 2. The normalized spacial score (nSPS) is 15.3. The van der Waals surface area contributed by atoms with Crippen molar-refractivity contribution >= 4 is 27.7 Å². The highest BCUT2D eigenvalue weighted by molar-refractivity contribution is 7.89. The summed E-state index contributed by atoms with van der Waals surface area (Å²) in [6.45, 7) is 3.51. The molecular formula is C24H30N2O5S. The Balaban J connectivity index is 1.64. The zero-order valence-corrected chi connectivity index (χ0v) is 19.4. The van der Waals surface area contributed by atoms with E-state index < -0.39 is 10.0 Å². The van der Waals surface area contributed by atoms with E-state index in [1.54, 1.807) is 41.8 Å². The van der Waals surface area contributed by atoms with Crippen molar-refractivity contribution < 1.29 is 22.7 Å². The molecule has 1 aliphatic rings. The van der Waals surface area contributed by atoms with Gasteiger partial charge in [0.2, 0.25) is 15.9 Å². The second-order valence-corrected chi connectivity index (χ2v) is 9.45. The van der Waals surface area contributed by atoms with Crippen LogP contribution in [0.15, 0.2) is 53.4 Å². The number of ether oxygens (including phenoxy) is 2. The second-order valence-electron chi connectivity index (χ2n) is 7.51. The molecule has 32 heavy (non-hydrogen) atoms. The van der Waals surface area contributed by atoms with Gasteiger partial charge >= 0.3 is 0 Å². The van der Waals surface area contributed by atoms with Crippen molar-refractivity contribution in [2.75, 3.05) is 32.1 Å². The number of rotatable bonds is 8. The van der Waals surface area contributed by atoms with Gasteiger partial charge in [0.15, 0.2) is 11.5 Å². The van der Waals surface area contributed by atoms with Gasteiger partial charge in [-0.25, -0.2) is 8.42 Å². The second kappa shape index (κ2) is 11.2. The maximum Gasteiger partial charge on any atom is 0.248 e. The van der Waals surface area contributed by atoms with E-state index in [9.17, 15) is 13.2 Å². The molecule has 2 aromatic carbocycles. The van der Waals surface area contributed by atoms with Crippen LogP contribution in [-0.4, -0.2) is 45.4 Å². The Bertz CT molecular complexity index is 1040. The van der Waals surface area contributed by atoms with E-state index in [0.29, 0.717) is 36.9 Å². The first kappa shape index (κ1) is 23.8. The van der Waals surface area contributed by atoms with Crippen LogP contribution in [-0.2, 0) is 14.8 Å². The minimum absolute atomic E-state index is 0.245. The lowest BCUT2D eigenvalue weighted by molar-refractivity contribution is -0.111. The molecule has 0 atom stereocenters. The van der Waals surface area contributed by atoms with Crippen LogP contribution in [0.5, 0.6) is 11.5 Å². The molecule has 1 heterocycles. The van der Waals surface area contributed by atoms with Gasteiger partial charge in [0, 0.05) is 24.9 Å². The number of hydrogen-bond acceptors (Lipinski definition) is 5. The van der Waals surface area contributed by atoms with E-state index in [-0.39, 0.29) is 10.8 Å². The summed E-state index contributed by atoms with van der Waals surface area (Å²) in [4.78, 5) is 12.6. The quantitative estimate of drug-likeness (QED) is 0.596. The SMILES string of the molecule is CCOc1cc(C=CC(=O)Nc2ccc(S(=O)(=O)N3CCCCCC3)cc2)ccc1OC. The molecule has 1 fully saturated rings. The minimum atomic E-state index is -3.51. The molecule has 0 radical (unpaired) electrons. The first-order chi connectivity index (χ1) is 15.4. The lowest BCUT2D eigenvalue weighted by atomic mass is 10.2. The summed E-state index contributed by atoms with van der Waals surface area (Å²) in [7, 11) is -1.93. The molecule has 0 aromatic heterocycles. The van der Waals surface area contributed by atoms with Gasteiger partial charge in [-0.15, -0.1) is 0 Å². The first-order valence-corrected chi connectivity index (χ1v) is 12.3. The number of hydrogen-bond donors (Lipinski definition) is 1. The summed E-state index contributed by atoms with van der Waals surface area (Å²) in [5.74, 6) is 0.921. The molecule has 0 bridgehead atoms. The van der Waals surface area contributed by atoms with E-state index >= 15 is 0 Å².